The highest BCUT2D eigenvalue weighted by Gasteiger charge is 2.74. The molecule has 10 atom stereocenters. The van der Waals surface area contributed by atoms with E-state index in [0.29, 0.717) is 23.7 Å². The largest absolute Gasteiger partial charge is 0.393 e. The van der Waals surface area contributed by atoms with E-state index in [2.05, 4.69) is 53.7 Å². The van der Waals surface area contributed by atoms with Crippen molar-refractivity contribution in [1.82, 2.24) is 0 Å². The van der Waals surface area contributed by atoms with Crippen LogP contribution in [0.5, 0.6) is 0 Å². The Labute approximate surface area is 196 Å². The van der Waals surface area contributed by atoms with E-state index >= 15 is 0 Å². The zero-order valence-electron chi connectivity index (χ0n) is 21.5. The molecule has 7 unspecified atom stereocenters. The van der Waals surface area contributed by atoms with Crippen molar-refractivity contribution < 1.29 is 14.9 Å². The first-order chi connectivity index (χ1) is 15.1. The molecule has 3 heteroatoms. The summed E-state index contributed by atoms with van der Waals surface area (Å²) in [5, 5.41) is 10.4. The molecule has 0 aromatic heterocycles. The number of hydrogen-bond donors (Lipinski definition) is 1. The van der Waals surface area contributed by atoms with Crippen LogP contribution in [0.1, 0.15) is 106 Å². The minimum atomic E-state index is -0.428. The summed E-state index contributed by atoms with van der Waals surface area (Å²) in [5.74, 6) is 4.29. The Morgan fingerprint density at radius 1 is 0.938 bits per heavy atom. The summed E-state index contributed by atoms with van der Waals surface area (Å²) in [5.41, 5.74) is -0.271. The highest BCUT2D eigenvalue weighted by Crippen LogP contribution is 2.72. The van der Waals surface area contributed by atoms with Gasteiger partial charge in [-0.05, 0) is 80.1 Å². The summed E-state index contributed by atoms with van der Waals surface area (Å²) >= 11 is 0. The average molecular weight is 445 g/mol. The second-order valence-electron chi connectivity index (χ2n) is 13.4. The van der Waals surface area contributed by atoms with Gasteiger partial charge in [-0.1, -0.05) is 60.5 Å². The zero-order valence-corrected chi connectivity index (χ0v) is 21.5. The molecule has 0 aromatic rings. The predicted molar refractivity (Wildman–Crippen MR) is 129 cm³/mol. The molecule has 2 bridgehead atoms. The molecule has 182 valence electrons. The number of hydrogen-bond acceptors (Lipinski definition) is 3. The van der Waals surface area contributed by atoms with Gasteiger partial charge in [-0.2, -0.15) is 0 Å². The Balaban J connectivity index is 1.39. The van der Waals surface area contributed by atoms with Crippen molar-refractivity contribution in [2.24, 2.45) is 46.3 Å². The van der Waals surface area contributed by atoms with Crippen LogP contribution < -0.4 is 0 Å². The monoisotopic (exact) mass is 444 g/mol. The van der Waals surface area contributed by atoms with Crippen LogP contribution in [0.25, 0.3) is 0 Å². The van der Waals surface area contributed by atoms with E-state index in [1.54, 1.807) is 0 Å². The third-order valence-electron chi connectivity index (χ3n) is 11.8. The Kier molecular flexibility index (Phi) is 5.71. The SMILES string of the molecule is CCC(CCC(C)C1CCC2C1(C)CCC1C3(C)CC[C@H](O)C[C@]34C=C[C@]21OO4)C(C)C. The van der Waals surface area contributed by atoms with Gasteiger partial charge in [0.1, 0.15) is 11.2 Å². The highest BCUT2D eigenvalue weighted by atomic mass is 17.2. The van der Waals surface area contributed by atoms with Crippen molar-refractivity contribution in [3.8, 4) is 0 Å². The van der Waals surface area contributed by atoms with Crippen molar-refractivity contribution >= 4 is 0 Å². The average Bonchev–Trinajstić information content (AvgIpc) is 3.12. The fraction of sp³-hybridized carbons (Fsp3) is 0.931. The lowest BCUT2D eigenvalue weighted by atomic mass is 9.42. The molecule has 2 aliphatic heterocycles. The van der Waals surface area contributed by atoms with Crippen molar-refractivity contribution in [3.05, 3.63) is 12.2 Å². The smallest absolute Gasteiger partial charge is 0.130 e. The van der Waals surface area contributed by atoms with E-state index in [4.69, 9.17) is 9.78 Å². The maximum Gasteiger partial charge on any atom is 0.130 e. The molecule has 0 aromatic carbocycles. The van der Waals surface area contributed by atoms with Gasteiger partial charge in [-0.15, -0.1) is 0 Å². The maximum absolute atomic E-state index is 10.4. The van der Waals surface area contributed by atoms with Crippen LogP contribution in [0.3, 0.4) is 0 Å². The van der Waals surface area contributed by atoms with Crippen molar-refractivity contribution in [3.63, 3.8) is 0 Å². The molecular weight excluding hydrogens is 396 g/mol. The van der Waals surface area contributed by atoms with Gasteiger partial charge in [-0.25, -0.2) is 9.78 Å². The first-order valence-electron chi connectivity index (χ1n) is 13.9. The van der Waals surface area contributed by atoms with Crippen LogP contribution in [0.15, 0.2) is 12.2 Å². The number of aliphatic hydroxyl groups is 1. The Morgan fingerprint density at radius 2 is 1.72 bits per heavy atom. The Bertz CT molecular complexity index is 747. The van der Waals surface area contributed by atoms with E-state index in [9.17, 15) is 5.11 Å². The normalized spacial score (nSPS) is 51.2. The molecule has 3 nitrogen and oxygen atoms in total. The number of rotatable bonds is 6. The summed E-state index contributed by atoms with van der Waals surface area (Å²) in [4.78, 5) is 12.8. The van der Waals surface area contributed by atoms with Gasteiger partial charge in [0.05, 0.1) is 6.10 Å². The van der Waals surface area contributed by atoms with E-state index in [1.165, 1.54) is 44.9 Å². The standard InChI is InChI=1S/C29H48O3/c1-7-21(19(2)3)9-8-20(4)23-10-11-24-26(23,5)14-13-25-27(6)15-12-22(30)18-28(27)16-17-29(24,25)32-31-28/h16-17,19-25,30H,7-15,18H2,1-6H3/t20?,21?,22-,23?,24?,25?,26?,27?,28+,29-/m0/s1. The molecule has 1 N–H and O–H groups in total. The van der Waals surface area contributed by atoms with E-state index < -0.39 is 5.60 Å². The van der Waals surface area contributed by atoms with Crippen LogP contribution in [-0.4, -0.2) is 22.4 Å². The first kappa shape index (κ1) is 23.4. The van der Waals surface area contributed by atoms with Gasteiger partial charge < -0.3 is 5.11 Å². The second-order valence-corrected chi connectivity index (χ2v) is 13.4. The molecule has 0 radical (unpaired) electrons. The summed E-state index contributed by atoms with van der Waals surface area (Å²) in [6, 6.07) is 0. The van der Waals surface area contributed by atoms with Crippen molar-refractivity contribution in [2.75, 3.05) is 0 Å². The van der Waals surface area contributed by atoms with Gasteiger partial charge in [0, 0.05) is 23.7 Å². The lowest BCUT2D eigenvalue weighted by molar-refractivity contribution is -0.497. The quantitative estimate of drug-likeness (QED) is 0.351. The van der Waals surface area contributed by atoms with Crippen LogP contribution in [0.2, 0.25) is 0 Å². The predicted octanol–water partition coefficient (Wildman–Crippen LogP) is 7.09. The van der Waals surface area contributed by atoms with Crippen LogP contribution >= 0.6 is 0 Å². The fourth-order valence-corrected chi connectivity index (χ4v) is 9.76. The molecule has 2 heterocycles. The number of fused-ring (bicyclic) bond motifs is 2. The lowest BCUT2D eigenvalue weighted by Crippen LogP contribution is -2.73. The summed E-state index contributed by atoms with van der Waals surface area (Å²) in [7, 11) is 0. The highest BCUT2D eigenvalue weighted by molar-refractivity contribution is 5.33. The number of aliphatic hydroxyl groups excluding tert-OH is 1. The lowest BCUT2D eigenvalue weighted by Gasteiger charge is -2.69. The second kappa shape index (κ2) is 7.82. The topological polar surface area (TPSA) is 38.7 Å². The van der Waals surface area contributed by atoms with E-state index in [0.717, 1.165) is 36.5 Å². The minimum Gasteiger partial charge on any atom is -0.393 e. The van der Waals surface area contributed by atoms with Crippen LogP contribution in [-0.2, 0) is 9.78 Å². The van der Waals surface area contributed by atoms with E-state index in [-0.39, 0.29) is 17.1 Å². The molecule has 0 amide bonds. The van der Waals surface area contributed by atoms with Crippen molar-refractivity contribution in [1.29, 1.82) is 0 Å². The molecule has 3 saturated carbocycles. The van der Waals surface area contributed by atoms with Crippen molar-refractivity contribution in [2.45, 2.75) is 123 Å². The van der Waals surface area contributed by atoms with Crippen LogP contribution in [0.4, 0.5) is 0 Å². The first-order valence-corrected chi connectivity index (χ1v) is 13.9. The summed E-state index contributed by atoms with van der Waals surface area (Å²) in [6.45, 7) is 14.7. The summed E-state index contributed by atoms with van der Waals surface area (Å²) in [6.07, 6.45) is 16.3. The molecule has 6 aliphatic rings. The van der Waals surface area contributed by atoms with Gasteiger partial charge in [0.25, 0.3) is 0 Å². The Morgan fingerprint density at radius 3 is 2.38 bits per heavy atom. The molecule has 2 spiro atoms. The van der Waals surface area contributed by atoms with Gasteiger partial charge in [0.15, 0.2) is 0 Å². The molecule has 4 aliphatic carbocycles. The maximum atomic E-state index is 10.4. The molecular formula is C29H48O3. The zero-order chi connectivity index (χ0) is 22.9. The molecule has 1 saturated heterocycles. The third kappa shape index (κ3) is 3.02. The molecule has 6 rings (SSSR count). The van der Waals surface area contributed by atoms with Gasteiger partial charge >= 0.3 is 0 Å². The Hall–Kier alpha value is -0.380. The van der Waals surface area contributed by atoms with E-state index in [1.807, 2.05) is 0 Å². The molecule has 32 heavy (non-hydrogen) atoms. The van der Waals surface area contributed by atoms with Gasteiger partial charge in [0.2, 0.25) is 0 Å². The molecule has 4 fully saturated rings. The van der Waals surface area contributed by atoms with Crippen LogP contribution in [0, 0.1) is 46.3 Å². The summed E-state index contributed by atoms with van der Waals surface area (Å²) < 4.78 is 0. The van der Waals surface area contributed by atoms with Gasteiger partial charge in [-0.3, -0.25) is 0 Å². The third-order valence-corrected chi connectivity index (χ3v) is 11.8. The fourth-order valence-electron chi connectivity index (χ4n) is 9.76. The minimum absolute atomic E-state index is 0.0792.